The summed E-state index contributed by atoms with van der Waals surface area (Å²) in [6, 6.07) is 14.8. The van der Waals surface area contributed by atoms with E-state index in [9.17, 15) is 8.42 Å². The number of hydrogen-bond acceptors (Lipinski definition) is 6. The molecular formula is C21H27N3O4S. The Balaban J connectivity index is 1.50. The second-order valence-electron chi connectivity index (χ2n) is 7.26. The van der Waals surface area contributed by atoms with E-state index in [2.05, 4.69) is 33.6 Å². The second kappa shape index (κ2) is 8.71. The summed E-state index contributed by atoms with van der Waals surface area (Å²) >= 11 is 0. The van der Waals surface area contributed by atoms with Crippen molar-refractivity contribution in [2.45, 2.75) is 17.9 Å². The Morgan fingerprint density at radius 1 is 1.00 bits per heavy atom. The molecule has 0 aliphatic carbocycles. The first-order chi connectivity index (χ1) is 14.1. The average molecular weight is 418 g/mol. The second-order valence-corrected chi connectivity index (χ2v) is 9.03. The van der Waals surface area contributed by atoms with Crippen LogP contribution in [0.4, 0.5) is 0 Å². The van der Waals surface area contributed by atoms with Crippen molar-refractivity contribution >= 4 is 10.0 Å². The number of piperazine rings is 1. The molecule has 1 fully saturated rings. The van der Waals surface area contributed by atoms with Crippen LogP contribution in [0.3, 0.4) is 0 Å². The van der Waals surface area contributed by atoms with Crippen LogP contribution in [0.25, 0.3) is 0 Å². The topological polar surface area (TPSA) is 71.1 Å². The van der Waals surface area contributed by atoms with Crippen molar-refractivity contribution < 1.29 is 17.9 Å². The van der Waals surface area contributed by atoms with Crippen LogP contribution < -0.4 is 14.2 Å². The average Bonchev–Trinajstić information content (AvgIpc) is 3.23. The van der Waals surface area contributed by atoms with Gasteiger partial charge in [-0.3, -0.25) is 4.90 Å². The van der Waals surface area contributed by atoms with Gasteiger partial charge in [0, 0.05) is 44.8 Å². The number of benzene rings is 2. The standard InChI is InChI=1S/C21H27N3O4S/c1-2-23-10-12-24(13-11-23)19(17-6-4-3-5-7-17)15-22-29(25,26)18-8-9-20-21(14-18)28-16-27-20/h3-9,14,19,22H,2,10-13,15-16H2,1H3. The predicted molar refractivity (Wildman–Crippen MR) is 111 cm³/mol. The number of nitrogens with zero attached hydrogens (tertiary/aromatic N) is 2. The highest BCUT2D eigenvalue weighted by Crippen LogP contribution is 2.34. The maximum atomic E-state index is 12.9. The van der Waals surface area contributed by atoms with Gasteiger partial charge in [-0.2, -0.15) is 0 Å². The summed E-state index contributed by atoms with van der Waals surface area (Å²) in [6.07, 6.45) is 0. The van der Waals surface area contributed by atoms with Crippen molar-refractivity contribution in [1.29, 1.82) is 0 Å². The molecule has 0 spiro atoms. The van der Waals surface area contributed by atoms with Crippen LogP contribution in [-0.2, 0) is 10.0 Å². The van der Waals surface area contributed by atoms with Gasteiger partial charge in [-0.25, -0.2) is 13.1 Å². The van der Waals surface area contributed by atoms with Gasteiger partial charge in [0.05, 0.1) is 4.90 Å². The fraction of sp³-hybridized carbons (Fsp3) is 0.429. The summed E-state index contributed by atoms with van der Waals surface area (Å²) < 4.78 is 39.2. The summed E-state index contributed by atoms with van der Waals surface area (Å²) in [7, 11) is -3.66. The molecule has 0 radical (unpaired) electrons. The van der Waals surface area contributed by atoms with E-state index in [1.165, 1.54) is 6.07 Å². The van der Waals surface area contributed by atoms with Crippen LogP contribution in [0.2, 0.25) is 0 Å². The lowest BCUT2D eigenvalue weighted by Crippen LogP contribution is -2.49. The first-order valence-corrected chi connectivity index (χ1v) is 11.5. The van der Waals surface area contributed by atoms with E-state index in [0.717, 1.165) is 38.3 Å². The highest BCUT2D eigenvalue weighted by atomic mass is 32.2. The first kappa shape index (κ1) is 20.2. The number of sulfonamides is 1. The fourth-order valence-corrected chi connectivity index (χ4v) is 4.89. The minimum absolute atomic E-state index is 0.0148. The van der Waals surface area contributed by atoms with Gasteiger partial charge in [0.2, 0.25) is 16.8 Å². The van der Waals surface area contributed by atoms with E-state index in [1.54, 1.807) is 12.1 Å². The third-order valence-electron chi connectivity index (χ3n) is 5.60. The van der Waals surface area contributed by atoms with Gasteiger partial charge in [0.25, 0.3) is 0 Å². The quantitative estimate of drug-likeness (QED) is 0.744. The van der Waals surface area contributed by atoms with Gasteiger partial charge in [-0.05, 0) is 24.2 Å². The van der Waals surface area contributed by atoms with Crippen molar-refractivity contribution in [3.63, 3.8) is 0 Å². The van der Waals surface area contributed by atoms with Crippen molar-refractivity contribution in [2.24, 2.45) is 0 Å². The van der Waals surface area contributed by atoms with Crippen LogP contribution in [0, 0.1) is 0 Å². The van der Waals surface area contributed by atoms with Gasteiger partial charge >= 0.3 is 0 Å². The van der Waals surface area contributed by atoms with Crippen LogP contribution in [0.1, 0.15) is 18.5 Å². The van der Waals surface area contributed by atoms with Crippen molar-refractivity contribution in [3.05, 3.63) is 54.1 Å². The maximum Gasteiger partial charge on any atom is 0.240 e. The number of likely N-dealkylation sites (N-methyl/N-ethyl adjacent to an activating group) is 1. The van der Waals surface area contributed by atoms with Crippen LogP contribution in [-0.4, -0.2) is 64.3 Å². The molecule has 0 aromatic heterocycles. The van der Waals surface area contributed by atoms with E-state index in [0.29, 0.717) is 18.0 Å². The Kier molecular flexibility index (Phi) is 6.05. The summed E-state index contributed by atoms with van der Waals surface area (Å²) in [6.45, 7) is 7.46. The van der Waals surface area contributed by atoms with Gasteiger partial charge in [-0.1, -0.05) is 37.3 Å². The SMILES string of the molecule is CCN1CCN(C(CNS(=O)(=O)c2ccc3c(c2)OCO3)c2ccccc2)CC1. The Morgan fingerprint density at radius 3 is 2.45 bits per heavy atom. The van der Waals surface area contributed by atoms with E-state index < -0.39 is 10.0 Å². The van der Waals surface area contributed by atoms with E-state index >= 15 is 0 Å². The molecule has 4 rings (SSSR count). The molecule has 2 aliphatic rings. The molecule has 1 saturated heterocycles. The molecule has 1 atom stereocenters. The third-order valence-corrected chi connectivity index (χ3v) is 7.02. The molecular weight excluding hydrogens is 390 g/mol. The van der Waals surface area contributed by atoms with E-state index in [4.69, 9.17) is 9.47 Å². The fourth-order valence-electron chi connectivity index (χ4n) is 3.84. The number of rotatable bonds is 7. The molecule has 156 valence electrons. The first-order valence-electron chi connectivity index (χ1n) is 9.97. The molecule has 2 aliphatic heterocycles. The number of hydrogen-bond donors (Lipinski definition) is 1. The Morgan fingerprint density at radius 2 is 1.72 bits per heavy atom. The zero-order valence-corrected chi connectivity index (χ0v) is 17.4. The molecule has 1 N–H and O–H groups in total. The van der Waals surface area contributed by atoms with Gasteiger partial charge in [-0.15, -0.1) is 0 Å². The number of fused-ring (bicyclic) bond motifs is 1. The summed E-state index contributed by atoms with van der Waals surface area (Å²) in [4.78, 5) is 4.96. The number of nitrogens with one attached hydrogen (secondary N) is 1. The Hall–Kier alpha value is -2.13. The number of ether oxygens (including phenoxy) is 2. The van der Waals surface area contributed by atoms with Gasteiger partial charge in [0.15, 0.2) is 11.5 Å². The molecule has 7 nitrogen and oxygen atoms in total. The summed E-state index contributed by atoms with van der Waals surface area (Å²) in [5.41, 5.74) is 1.12. The van der Waals surface area contributed by atoms with Crippen molar-refractivity contribution in [3.8, 4) is 11.5 Å². The lowest BCUT2D eigenvalue weighted by atomic mass is 10.0. The lowest BCUT2D eigenvalue weighted by molar-refractivity contribution is 0.100. The zero-order valence-electron chi connectivity index (χ0n) is 16.6. The lowest BCUT2D eigenvalue weighted by Gasteiger charge is -2.39. The molecule has 29 heavy (non-hydrogen) atoms. The monoisotopic (exact) mass is 417 g/mol. The Bertz CT molecular complexity index is 928. The molecule has 0 saturated carbocycles. The normalized spacial score (nSPS) is 18.7. The van der Waals surface area contributed by atoms with Crippen LogP contribution in [0.5, 0.6) is 11.5 Å². The molecule has 0 amide bonds. The minimum atomic E-state index is -3.66. The molecule has 8 heteroatoms. The van der Waals surface area contributed by atoms with Gasteiger partial charge in [0.1, 0.15) is 0 Å². The van der Waals surface area contributed by atoms with E-state index in [-0.39, 0.29) is 17.7 Å². The molecule has 1 unspecified atom stereocenters. The smallest absolute Gasteiger partial charge is 0.240 e. The van der Waals surface area contributed by atoms with Gasteiger partial charge < -0.3 is 14.4 Å². The molecule has 2 aromatic carbocycles. The molecule has 2 heterocycles. The minimum Gasteiger partial charge on any atom is -0.454 e. The maximum absolute atomic E-state index is 12.9. The molecule has 2 aromatic rings. The largest absolute Gasteiger partial charge is 0.454 e. The third kappa shape index (κ3) is 4.56. The van der Waals surface area contributed by atoms with E-state index in [1.807, 2.05) is 18.2 Å². The molecule has 0 bridgehead atoms. The summed E-state index contributed by atoms with van der Waals surface area (Å²) in [5.74, 6) is 1.03. The van der Waals surface area contributed by atoms with Crippen molar-refractivity contribution in [1.82, 2.24) is 14.5 Å². The highest BCUT2D eigenvalue weighted by molar-refractivity contribution is 7.89. The highest BCUT2D eigenvalue weighted by Gasteiger charge is 2.27. The zero-order chi connectivity index (χ0) is 20.3. The van der Waals surface area contributed by atoms with Crippen LogP contribution >= 0.6 is 0 Å². The van der Waals surface area contributed by atoms with Crippen LogP contribution in [0.15, 0.2) is 53.4 Å². The summed E-state index contributed by atoms with van der Waals surface area (Å²) in [5, 5.41) is 0. The predicted octanol–water partition coefficient (Wildman–Crippen LogP) is 2.07. The Labute approximate surface area is 172 Å². The van der Waals surface area contributed by atoms with Crippen molar-refractivity contribution in [2.75, 3.05) is 46.1 Å².